The lowest BCUT2D eigenvalue weighted by Gasteiger charge is -2.36. The summed E-state index contributed by atoms with van der Waals surface area (Å²) in [6.07, 6.45) is 1.87. The van der Waals surface area contributed by atoms with Crippen LogP contribution in [0.25, 0.3) is 0 Å². The molecule has 7 heteroatoms. The Morgan fingerprint density at radius 2 is 1.77 bits per heavy atom. The maximum atomic E-state index is 12.7. The molecular formula is C19H25N3O4. The number of urea groups is 1. The van der Waals surface area contributed by atoms with Gasteiger partial charge >= 0.3 is 12.0 Å². The maximum absolute atomic E-state index is 12.7. The second-order valence-corrected chi connectivity index (χ2v) is 7.36. The number of aromatic carboxylic acids is 1. The highest BCUT2D eigenvalue weighted by atomic mass is 16.5. The molecular weight excluding hydrogens is 334 g/mol. The number of carbonyl (C=O) groups excluding carboxylic acids is 1. The average molecular weight is 359 g/mol. The number of hydrogen-bond acceptors (Lipinski definition) is 4. The molecule has 3 fully saturated rings. The third-order valence-corrected chi connectivity index (χ3v) is 5.70. The van der Waals surface area contributed by atoms with Crippen molar-refractivity contribution in [1.29, 1.82) is 0 Å². The van der Waals surface area contributed by atoms with E-state index in [0.29, 0.717) is 11.6 Å². The molecule has 7 nitrogen and oxygen atoms in total. The molecule has 0 aromatic heterocycles. The van der Waals surface area contributed by atoms with E-state index >= 15 is 0 Å². The number of benzene rings is 1. The minimum absolute atomic E-state index is 0.187. The highest BCUT2D eigenvalue weighted by Crippen LogP contribution is 2.26. The Labute approximate surface area is 153 Å². The van der Waals surface area contributed by atoms with Gasteiger partial charge in [0.15, 0.2) is 0 Å². The Bertz CT molecular complexity index is 672. The topological polar surface area (TPSA) is 73.3 Å². The zero-order valence-electron chi connectivity index (χ0n) is 14.8. The molecule has 3 aliphatic heterocycles. The Balaban J connectivity index is 1.36. The highest BCUT2D eigenvalue weighted by molar-refractivity contribution is 5.87. The van der Waals surface area contributed by atoms with Crippen LogP contribution in [-0.4, -0.2) is 83.3 Å². The largest absolute Gasteiger partial charge is 0.478 e. The first-order chi connectivity index (χ1) is 12.6. The lowest BCUT2D eigenvalue weighted by molar-refractivity contribution is 0.0504. The summed E-state index contributed by atoms with van der Waals surface area (Å²) in [6, 6.07) is 7.82. The van der Waals surface area contributed by atoms with Gasteiger partial charge in [0.1, 0.15) is 0 Å². The van der Waals surface area contributed by atoms with E-state index in [1.54, 1.807) is 12.1 Å². The van der Waals surface area contributed by atoms with E-state index in [9.17, 15) is 9.59 Å². The molecule has 1 atom stereocenters. The van der Waals surface area contributed by atoms with Gasteiger partial charge in [-0.2, -0.15) is 0 Å². The number of carboxylic acid groups (broad SMARTS) is 1. The first kappa shape index (κ1) is 17.3. The van der Waals surface area contributed by atoms with Gasteiger partial charge in [-0.3, -0.25) is 4.90 Å². The van der Waals surface area contributed by atoms with Gasteiger partial charge in [-0.15, -0.1) is 0 Å². The summed E-state index contributed by atoms with van der Waals surface area (Å²) < 4.78 is 5.42. The fourth-order valence-corrected chi connectivity index (χ4v) is 4.25. The summed E-state index contributed by atoms with van der Waals surface area (Å²) >= 11 is 0. The van der Waals surface area contributed by atoms with E-state index in [1.165, 1.54) is 0 Å². The lowest BCUT2D eigenvalue weighted by Crippen LogP contribution is -2.51. The average Bonchev–Trinajstić information content (AvgIpc) is 2.99. The molecule has 1 N–H and O–H groups in total. The van der Waals surface area contributed by atoms with Crippen molar-refractivity contribution in [2.45, 2.75) is 31.5 Å². The van der Waals surface area contributed by atoms with Crippen LogP contribution in [0.1, 0.15) is 28.8 Å². The second-order valence-electron chi connectivity index (χ2n) is 7.36. The summed E-state index contributed by atoms with van der Waals surface area (Å²) in [7, 11) is 0. The van der Waals surface area contributed by atoms with Crippen molar-refractivity contribution in [2.24, 2.45) is 0 Å². The monoisotopic (exact) mass is 359 g/mol. The van der Waals surface area contributed by atoms with Crippen LogP contribution in [0.3, 0.4) is 0 Å². The van der Waals surface area contributed by atoms with E-state index in [-0.39, 0.29) is 12.1 Å². The zero-order valence-corrected chi connectivity index (χ0v) is 14.8. The van der Waals surface area contributed by atoms with Crippen molar-refractivity contribution in [3.05, 3.63) is 35.4 Å². The Kier molecular flexibility index (Phi) is 4.82. The predicted molar refractivity (Wildman–Crippen MR) is 95.1 cm³/mol. The Hall–Kier alpha value is -2.12. The second kappa shape index (κ2) is 7.25. The molecule has 0 aliphatic carbocycles. The molecule has 26 heavy (non-hydrogen) atoms. The number of carboxylic acids is 1. The number of hydrogen-bond donors (Lipinski definition) is 1. The smallest absolute Gasteiger partial charge is 0.335 e. The van der Waals surface area contributed by atoms with E-state index < -0.39 is 5.97 Å². The fourth-order valence-electron chi connectivity index (χ4n) is 4.25. The molecule has 0 saturated carbocycles. The van der Waals surface area contributed by atoms with Gasteiger partial charge < -0.3 is 19.6 Å². The molecule has 0 unspecified atom stereocenters. The first-order valence-electron chi connectivity index (χ1n) is 9.31. The molecule has 140 valence electrons. The molecule has 3 aliphatic rings. The van der Waals surface area contributed by atoms with Gasteiger partial charge in [0, 0.05) is 52.0 Å². The van der Waals surface area contributed by atoms with Crippen LogP contribution in [0.4, 0.5) is 4.79 Å². The van der Waals surface area contributed by atoms with Crippen LogP contribution in [0.2, 0.25) is 0 Å². The third-order valence-electron chi connectivity index (χ3n) is 5.70. The number of amides is 2. The Morgan fingerprint density at radius 3 is 2.46 bits per heavy atom. The normalized spacial score (nSPS) is 24.8. The molecule has 0 spiro atoms. The van der Waals surface area contributed by atoms with Crippen molar-refractivity contribution >= 4 is 12.0 Å². The van der Waals surface area contributed by atoms with Gasteiger partial charge in [-0.05, 0) is 30.5 Å². The van der Waals surface area contributed by atoms with Gasteiger partial charge in [0.25, 0.3) is 0 Å². The lowest BCUT2D eigenvalue weighted by atomic mass is 10.1. The van der Waals surface area contributed by atoms with Crippen molar-refractivity contribution in [2.75, 3.05) is 39.4 Å². The van der Waals surface area contributed by atoms with Gasteiger partial charge in [0.2, 0.25) is 0 Å². The third kappa shape index (κ3) is 3.41. The minimum Gasteiger partial charge on any atom is -0.478 e. The van der Waals surface area contributed by atoms with Crippen LogP contribution in [0, 0.1) is 0 Å². The van der Waals surface area contributed by atoms with Crippen molar-refractivity contribution < 1.29 is 19.4 Å². The number of carbonyl (C=O) groups is 2. The quantitative estimate of drug-likeness (QED) is 0.882. The van der Waals surface area contributed by atoms with Crippen LogP contribution < -0.4 is 0 Å². The molecule has 0 radical (unpaired) electrons. The summed E-state index contributed by atoms with van der Waals surface area (Å²) in [6.45, 7) is 5.57. The molecule has 1 aromatic carbocycles. The summed E-state index contributed by atoms with van der Waals surface area (Å²) in [5, 5.41) is 9.00. The van der Waals surface area contributed by atoms with Crippen LogP contribution in [0.15, 0.2) is 24.3 Å². The SMILES string of the molecule is O=C(O)c1ccc(CN2CCN3C(=O)N(C4CCOCC4)C[C@H]3C2)cc1. The number of piperazine rings is 1. The Morgan fingerprint density at radius 1 is 1.04 bits per heavy atom. The number of ether oxygens (including phenoxy) is 1. The molecule has 4 rings (SSSR count). The van der Waals surface area contributed by atoms with Crippen molar-refractivity contribution in [3.8, 4) is 0 Å². The molecule has 3 saturated heterocycles. The van der Waals surface area contributed by atoms with E-state index in [1.807, 2.05) is 17.0 Å². The zero-order chi connectivity index (χ0) is 18.1. The van der Waals surface area contributed by atoms with E-state index in [2.05, 4.69) is 9.80 Å². The highest BCUT2D eigenvalue weighted by Gasteiger charge is 2.43. The van der Waals surface area contributed by atoms with Crippen molar-refractivity contribution in [1.82, 2.24) is 14.7 Å². The standard InChI is InChI=1S/C19H25N3O4/c23-18(24)15-3-1-14(2-4-15)11-20-7-8-21-17(12-20)13-22(19(21)25)16-5-9-26-10-6-16/h1-4,16-17H,5-13H2,(H,23,24)/t17-/m1/s1. The van der Waals surface area contributed by atoms with Crippen LogP contribution in [-0.2, 0) is 11.3 Å². The fraction of sp³-hybridized carbons (Fsp3) is 0.579. The number of rotatable bonds is 4. The van der Waals surface area contributed by atoms with Crippen LogP contribution >= 0.6 is 0 Å². The van der Waals surface area contributed by atoms with Gasteiger partial charge in [0.05, 0.1) is 11.6 Å². The minimum atomic E-state index is -0.900. The maximum Gasteiger partial charge on any atom is 0.335 e. The molecule has 1 aromatic rings. The molecule has 0 bridgehead atoms. The number of fused-ring (bicyclic) bond motifs is 1. The first-order valence-corrected chi connectivity index (χ1v) is 9.31. The summed E-state index contributed by atoms with van der Waals surface area (Å²) in [5.41, 5.74) is 1.42. The predicted octanol–water partition coefficient (Wildman–Crippen LogP) is 1.49. The van der Waals surface area contributed by atoms with Crippen LogP contribution in [0.5, 0.6) is 0 Å². The summed E-state index contributed by atoms with van der Waals surface area (Å²) in [5.74, 6) is -0.900. The molecule has 3 heterocycles. The summed E-state index contributed by atoms with van der Waals surface area (Å²) in [4.78, 5) is 30.1. The molecule has 2 amide bonds. The van der Waals surface area contributed by atoms with Crippen molar-refractivity contribution in [3.63, 3.8) is 0 Å². The van der Waals surface area contributed by atoms with E-state index in [4.69, 9.17) is 9.84 Å². The van der Waals surface area contributed by atoms with E-state index in [0.717, 1.165) is 64.3 Å². The van der Waals surface area contributed by atoms with Gasteiger partial charge in [-0.25, -0.2) is 9.59 Å². The van der Waals surface area contributed by atoms with Gasteiger partial charge in [-0.1, -0.05) is 12.1 Å². The number of nitrogens with zero attached hydrogens (tertiary/aromatic N) is 3.